The summed E-state index contributed by atoms with van der Waals surface area (Å²) in [6, 6.07) is 4.04. The Balaban J connectivity index is 0.000000620. The zero-order valence-electron chi connectivity index (χ0n) is 27.3. The third kappa shape index (κ3) is 16.2. The molecule has 1 aliphatic carbocycles. The van der Waals surface area contributed by atoms with Crippen LogP contribution in [0.3, 0.4) is 0 Å². The number of hydrogen-bond acceptors (Lipinski definition) is 8. The average molecular weight is 673 g/mol. The van der Waals surface area contributed by atoms with E-state index < -0.39 is 0 Å². The fraction of sp³-hybridized carbons (Fsp3) is 0.625. The molecular weight excluding hydrogens is 622 g/mol. The first kappa shape index (κ1) is 38.1. The number of phenolic OH excluding ortho intramolecular Hbond substituents is 1. The van der Waals surface area contributed by atoms with Crippen molar-refractivity contribution in [2.75, 3.05) is 38.8 Å². The van der Waals surface area contributed by atoms with Gasteiger partial charge in [-0.05, 0) is 86.3 Å². The molecule has 11 heteroatoms. The van der Waals surface area contributed by atoms with E-state index in [0.717, 1.165) is 72.9 Å². The highest BCUT2D eigenvalue weighted by atomic mass is 35.5. The number of thiol groups is 1. The van der Waals surface area contributed by atoms with Crippen molar-refractivity contribution in [3.05, 3.63) is 47.1 Å². The molecule has 43 heavy (non-hydrogen) atoms. The smallest absolute Gasteiger partial charge is 0.251 e. The predicted molar refractivity (Wildman–Crippen MR) is 192 cm³/mol. The first-order valence-electron chi connectivity index (χ1n) is 15.3. The molecule has 2 fully saturated rings. The second-order valence-electron chi connectivity index (χ2n) is 10.5. The molecule has 240 valence electrons. The highest BCUT2D eigenvalue weighted by Gasteiger charge is 2.31. The fourth-order valence-electron chi connectivity index (χ4n) is 4.45. The van der Waals surface area contributed by atoms with E-state index in [2.05, 4.69) is 70.0 Å². The summed E-state index contributed by atoms with van der Waals surface area (Å²) in [6.45, 7) is 12.5. The van der Waals surface area contributed by atoms with Gasteiger partial charge < -0.3 is 19.3 Å². The van der Waals surface area contributed by atoms with E-state index in [1.807, 2.05) is 6.07 Å². The Kier molecular flexibility index (Phi) is 19.9. The van der Waals surface area contributed by atoms with Crippen molar-refractivity contribution in [3.63, 3.8) is 0 Å². The lowest BCUT2D eigenvalue weighted by Crippen LogP contribution is -2.19. The molecule has 0 amide bonds. The third-order valence-electron chi connectivity index (χ3n) is 6.91. The van der Waals surface area contributed by atoms with Crippen molar-refractivity contribution in [1.29, 1.82) is 0 Å². The van der Waals surface area contributed by atoms with E-state index in [0.29, 0.717) is 23.2 Å². The van der Waals surface area contributed by atoms with Crippen LogP contribution in [-0.4, -0.2) is 73.8 Å². The topological polar surface area (TPSA) is 79.2 Å². The standard InChI is InChI=1S/C26H37NO3S.C3H6OS.C2H3Cl2N.CH3B/c1-6-7-8-9-19-13-23(28)25(22-12-18(4)10-11-21(22)17(2)3)24(14-19)30-26(27-5)31-16-20-15-29-20;5-2-3-1-4-3;1-5-2(3)4;1-2/h12-14,20-22,28H,2,6-11,15-16H2,1,3-5H3;3,5H,1-2H2;1H3;1H3/t20?,21-,22+;;;/m0.../s1/i;;;1D. The number of epoxide rings is 2. The third-order valence-corrected chi connectivity index (χ3v) is 8.71. The summed E-state index contributed by atoms with van der Waals surface area (Å²) in [5.41, 5.74) is 4.47. The highest BCUT2D eigenvalue weighted by molar-refractivity contribution is 8.13. The van der Waals surface area contributed by atoms with E-state index in [4.69, 9.17) is 38.8 Å². The SMILES string of the molecule is C=C(C)[C@@H]1CCC(C)=C[C@H]1c1c(O)cc(CCCCC)cc1OC(=NC)SCC1CO1.CN=C(Cl)Cl.SCC1CO1.[2H]C[B]. The largest absolute Gasteiger partial charge is 0.507 e. The maximum Gasteiger partial charge on any atom is 0.251 e. The van der Waals surface area contributed by atoms with Gasteiger partial charge in [-0.25, -0.2) is 4.99 Å². The zero-order chi connectivity index (χ0) is 33.1. The molecule has 2 aliphatic heterocycles. The minimum Gasteiger partial charge on any atom is -0.507 e. The molecule has 0 aromatic heterocycles. The Hall–Kier alpha value is -1.10. The Morgan fingerprint density at radius 2 is 1.86 bits per heavy atom. The summed E-state index contributed by atoms with van der Waals surface area (Å²) in [6.07, 6.45) is 9.59. The number of aryl methyl sites for hydroxylation is 1. The van der Waals surface area contributed by atoms with Gasteiger partial charge in [-0.1, -0.05) is 62.1 Å². The molecule has 2 heterocycles. The number of hydrogen-bond donors (Lipinski definition) is 2. The van der Waals surface area contributed by atoms with Gasteiger partial charge in [0.25, 0.3) is 5.23 Å². The van der Waals surface area contributed by atoms with Crippen molar-refractivity contribution < 1.29 is 20.7 Å². The van der Waals surface area contributed by atoms with Gasteiger partial charge in [0.1, 0.15) is 11.5 Å². The maximum atomic E-state index is 11.2. The molecule has 0 saturated carbocycles. The van der Waals surface area contributed by atoms with Crippen molar-refractivity contribution in [3.8, 4) is 11.5 Å². The van der Waals surface area contributed by atoms with Gasteiger partial charge in [0.2, 0.25) is 0 Å². The van der Waals surface area contributed by atoms with Crippen LogP contribution in [0.1, 0.15) is 71.3 Å². The lowest BCUT2D eigenvalue weighted by Gasteiger charge is -2.32. The van der Waals surface area contributed by atoms with Gasteiger partial charge in [-0.15, -0.1) is 0 Å². The van der Waals surface area contributed by atoms with E-state index in [9.17, 15) is 5.11 Å². The number of halogens is 2. The van der Waals surface area contributed by atoms with Gasteiger partial charge >= 0.3 is 0 Å². The van der Waals surface area contributed by atoms with Crippen LogP contribution in [0, 0.1) is 5.92 Å². The summed E-state index contributed by atoms with van der Waals surface area (Å²) in [4.78, 5) is 7.70. The molecule has 1 aromatic carbocycles. The maximum absolute atomic E-state index is 11.2. The number of rotatable bonds is 10. The van der Waals surface area contributed by atoms with Crippen LogP contribution in [0.15, 0.2) is 45.9 Å². The molecule has 2 saturated heterocycles. The molecule has 2 unspecified atom stereocenters. The Labute approximate surface area is 282 Å². The number of thioether (sulfide) groups is 1. The number of phenols is 1. The Morgan fingerprint density at radius 3 is 2.33 bits per heavy atom. The molecule has 1 aromatic rings. The Bertz CT molecular complexity index is 1100. The molecule has 1 N–H and O–H groups in total. The summed E-state index contributed by atoms with van der Waals surface area (Å²) in [7, 11) is 7.79. The molecule has 3 aliphatic rings. The summed E-state index contributed by atoms with van der Waals surface area (Å²) >= 11 is 15.5. The number of nitrogens with zero attached hydrogens (tertiary/aromatic N) is 2. The molecule has 6 nitrogen and oxygen atoms in total. The number of unbranched alkanes of at least 4 members (excludes halogenated alkanes) is 2. The van der Waals surface area contributed by atoms with Gasteiger partial charge in [0.15, 0.2) is 4.63 Å². The van der Waals surface area contributed by atoms with Crippen LogP contribution in [0.4, 0.5) is 0 Å². The van der Waals surface area contributed by atoms with Crippen LogP contribution in [0.25, 0.3) is 0 Å². The molecule has 0 spiro atoms. The molecule has 0 bridgehead atoms. The number of allylic oxidation sites excluding steroid dienone is 3. The first-order chi connectivity index (χ1) is 21.0. The molecule has 4 rings (SSSR count). The van der Waals surface area contributed by atoms with Crippen molar-refractivity contribution in [2.45, 2.75) is 84.2 Å². The summed E-state index contributed by atoms with van der Waals surface area (Å²) in [5, 5.41) is 11.8. The van der Waals surface area contributed by atoms with Crippen molar-refractivity contribution in [2.24, 2.45) is 15.9 Å². The Morgan fingerprint density at radius 1 is 1.23 bits per heavy atom. The van der Waals surface area contributed by atoms with Gasteiger partial charge in [0.05, 0.1) is 33.3 Å². The molecular formula is C32H49BCl2N2O4S2. The van der Waals surface area contributed by atoms with Crippen LogP contribution in [-0.2, 0) is 15.9 Å². The minimum atomic E-state index is 0. The second kappa shape index (κ2) is 22.4. The number of aromatic hydroxyl groups is 1. The average Bonchev–Trinajstić information content (AvgIpc) is 3.91. The highest BCUT2D eigenvalue weighted by Crippen LogP contribution is 2.47. The number of aliphatic imine (C=N–C) groups is 2. The van der Waals surface area contributed by atoms with Crippen LogP contribution in [0.2, 0.25) is 6.80 Å². The van der Waals surface area contributed by atoms with E-state index >= 15 is 0 Å². The normalized spacial score (nSPS) is 22.1. The van der Waals surface area contributed by atoms with Gasteiger partial charge in [-0.2, -0.15) is 12.6 Å². The van der Waals surface area contributed by atoms with E-state index in [1.165, 1.54) is 25.5 Å². The summed E-state index contributed by atoms with van der Waals surface area (Å²) < 4.78 is 22.5. The molecule has 2 radical (unpaired) electrons. The quantitative estimate of drug-likeness (QED) is 0.0495. The zero-order valence-corrected chi connectivity index (χ0v) is 29.5. The fourth-order valence-corrected chi connectivity index (χ4v) is 5.46. The summed E-state index contributed by atoms with van der Waals surface area (Å²) in [5.74, 6) is 3.11. The van der Waals surface area contributed by atoms with Gasteiger partial charge in [0, 0.05) is 38.5 Å². The lowest BCUT2D eigenvalue weighted by atomic mass is 9.73. The predicted octanol–water partition coefficient (Wildman–Crippen LogP) is 8.61. The van der Waals surface area contributed by atoms with E-state index in [1.54, 1.807) is 18.8 Å². The van der Waals surface area contributed by atoms with Crippen molar-refractivity contribution >= 4 is 65.3 Å². The van der Waals surface area contributed by atoms with E-state index in [-0.39, 0.29) is 23.3 Å². The monoisotopic (exact) mass is 671 g/mol. The minimum absolute atomic E-state index is 0. The van der Waals surface area contributed by atoms with Crippen LogP contribution >= 0.6 is 47.6 Å². The van der Waals surface area contributed by atoms with Crippen LogP contribution in [0.5, 0.6) is 11.5 Å². The first-order valence-corrected chi connectivity index (χ1v) is 17.0. The molecule has 4 atom stereocenters. The van der Waals surface area contributed by atoms with Crippen LogP contribution < -0.4 is 4.74 Å². The van der Waals surface area contributed by atoms with Crippen molar-refractivity contribution in [1.82, 2.24) is 0 Å². The number of ether oxygens (including phenoxy) is 3. The van der Waals surface area contributed by atoms with Gasteiger partial charge in [-0.3, -0.25) is 4.99 Å². The second-order valence-corrected chi connectivity index (χ2v) is 12.7. The number of benzene rings is 1. The lowest BCUT2D eigenvalue weighted by molar-refractivity contribution is 0.422.